The van der Waals surface area contributed by atoms with E-state index in [4.69, 9.17) is 18.9 Å². The number of hydrogen-bond acceptors (Lipinski definition) is 5. The first kappa shape index (κ1) is 22.5. The number of ether oxygens (including phenoxy) is 4. The Hall–Kier alpha value is -2.66. The summed E-state index contributed by atoms with van der Waals surface area (Å²) in [6.07, 6.45) is 5.01. The first-order chi connectivity index (χ1) is 15.3. The average molecular weight is 438 g/mol. The lowest BCUT2D eigenvalue weighted by atomic mass is 9.82. The van der Waals surface area contributed by atoms with Crippen molar-refractivity contribution in [2.45, 2.75) is 59.5 Å². The van der Waals surface area contributed by atoms with E-state index in [-0.39, 0.29) is 7.43 Å². The monoisotopic (exact) mass is 437 g/mol. The first-order valence-electron chi connectivity index (χ1n) is 11.4. The molecule has 6 rings (SSSR count). The molecule has 1 atom stereocenters. The van der Waals surface area contributed by atoms with Crippen molar-refractivity contribution in [3.63, 3.8) is 0 Å². The van der Waals surface area contributed by atoms with Crippen molar-refractivity contribution in [1.82, 2.24) is 4.90 Å². The largest absolute Gasteiger partial charge is 0.493 e. The highest BCUT2D eigenvalue weighted by Gasteiger charge is 2.32. The van der Waals surface area contributed by atoms with Gasteiger partial charge in [-0.2, -0.15) is 0 Å². The lowest BCUT2D eigenvalue weighted by Crippen LogP contribution is -2.43. The molecule has 0 aliphatic carbocycles. The zero-order valence-corrected chi connectivity index (χ0v) is 18.9. The van der Waals surface area contributed by atoms with Crippen LogP contribution in [0.1, 0.15) is 51.7 Å². The van der Waals surface area contributed by atoms with Gasteiger partial charge in [0.2, 0.25) is 6.79 Å². The average Bonchev–Trinajstić information content (AvgIpc) is 3.30. The molecule has 0 radical (unpaired) electrons. The molecular formula is C27H35NO4. The van der Waals surface area contributed by atoms with Gasteiger partial charge in [-0.3, -0.25) is 4.90 Å². The molecule has 32 heavy (non-hydrogen) atoms. The second kappa shape index (κ2) is 9.07. The van der Waals surface area contributed by atoms with Crippen LogP contribution in [0.3, 0.4) is 0 Å². The molecule has 1 unspecified atom stereocenters. The molecule has 3 aliphatic heterocycles. The molecule has 5 heteroatoms. The molecule has 0 saturated carbocycles. The Kier molecular flexibility index (Phi) is 6.38. The quantitative estimate of drug-likeness (QED) is 0.439. The molecule has 0 amide bonds. The van der Waals surface area contributed by atoms with Crippen molar-refractivity contribution in [3.8, 4) is 23.0 Å². The molecule has 3 heterocycles. The number of fused-ring (bicyclic) bond motifs is 8. The summed E-state index contributed by atoms with van der Waals surface area (Å²) in [6, 6.07) is 9.23. The number of benzene rings is 3. The molecule has 3 aromatic carbocycles. The maximum absolute atomic E-state index is 5.72. The van der Waals surface area contributed by atoms with Gasteiger partial charge in [-0.25, -0.2) is 0 Å². The Balaban J connectivity index is 0.000000796. The number of nitrogens with zero attached hydrogens (tertiary/aromatic N) is 1. The van der Waals surface area contributed by atoms with Crippen molar-refractivity contribution in [2.75, 3.05) is 27.6 Å². The smallest absolute Gasteiger partial charge is 0.231 e. The fourth-order valence-corrected chi connectivity index (χ4v) is 5.44. The van der Waals surface area contributed by atoms with Gasteiger partial charge in [-0.15, -0.1) is 0 Å². The summed E-state index contributed by atoms with van der Waals surface area (Å²) >= 11 is 0. The highest BCUT2D eigenvalue weighted by atomic mass is 16.7. The second-order valence-electron chi connectivity index (χ2n) is 8.29. The van der Waals surface area contributed by atoms with E-state index in [1.165, 1.54) is 58.5 Å². The summed E-state index contributed by atoms with van der Waals surface area (Å²) in [5, 5.41) is 4.93. The molecule has 172 valence electrons. The van der Waals surface area contributed by atoms with Crippen LogP contribution in [-0.4, -0.2) is 38.5 Å². The van der Waals surface area contributed by atoms with E-state index in [0.717, 1.165) is 36.0 Å². The third-order valence-corrected chi connectivity index (χ3v) is 6.89. The van der Waals surface area contributed by atoms with Crippen LogP contribution >= 0.6 is 0 Å². The van der Waals surface area contributed by atoms with E-state index in [1.54, 1.807) is 14.2 Å². The molecule has 0 aromatic heterocycles. The Labute approximate surface area is 191 Å². The summed E-state index contributed by atoms with van der Waals surface area (Å²) in [7, 11) is 3.40. The fourth-order valence-electron chi connectivity index (χ4n) is 5.44. The Morgan fingerprint density at radius 3 is 2.09 bits per heavy atom. The van der Waals surface area contributed by atoms with Crippen LogP contribution in [0.5, 0.6) is 23.0 Å². The summed E-state index contributed by atoms with van der Waals surface area (Å²) in [5.41, 5.74) is 2.88. The van der Waals surface area contributed by atoms with Gasteiger partial charge in [-0.1, -0.05) is 27.7 Å². The third kappa shape index (κ3) is 3.43. The first-order valence-corrected chi connectivity index (χ1v) is 11.4. The number of hydrogen-bond donors (Lipinski definition) is 0. The van der Waals surface area contributed by atoms with Crippen molar-refractivity contribution in [2.24, 2.45) is 0 Å². The van der Waals surface area contributed by atoms with E-state index in [9.17, 15) is 0 Å². The zero-order valence-electron chi connectivity index (χ0n) is 18.9. The molecule has 1 fully saturated rings. The van der Waals surface area contributed by atoms with Crippen LogP contribution < -0.4 is 18.9 Å². The maximum Gasteiger partial charge on any atom is 0.231 e. The van der Waals surface area contributed by atoms with Gasteiger partial charge in [-0.05, 0) is 82.7 Å². The van der Waals surface area contributed by atoms with Crippen LogP contribution in [0.15, 0.2) is 24.3 Å². The SMILES string of the molecule is C.CC.COc1cc2c3c(c4cc5c(cc4c2cc1OC)OCO5)CC1CCCCN1C3. The Bertz CT molecular complexity index is 1140. The topological polar surface area (TPSA) is 40.2 Å². The third-order valence-electron chi connectivity index (χ3n) is 6.89. The number of methoxy groups -OCH3 is 2. The van der Waals surface area contributed by atoms with Crippen LogP contribution in [0.4, 0.5) is 0 Å². The van der Waals surface area contributed by atoms with Crippen molar-refractivity contribution < 1.29 is 18.9 Å². The minimum absolute atomic E-state index is 0. The van der Waals surface area contributed by atoms with Gasteiger partial charge in [0.15, 0.2) is 23.0 Å². The Morgan fingerprint density at radius 1 is 0.812 bits per heavy atom. The van der Waals surface area contributed by atoms with Crippen molar-refractivity contribution in [1.29, 1.82) is 0 Å². The van der Waals surface area contributed by atoms with E-state index in [0.29, 0.717) is 12.8 Å². The highest BCUT2D eigenvalue weighted by molar-refractivity contribution is 6.13. The van der Waals surface area contributed by atoms with Crippen LogP contribution in [0, 0.1) is 0 Å². The van der Waals surface area contributed by atoms with Crippen LogP contribution in [0.25, 0.3) is 21.5 Å². The molecule has 3 aromatic rings. The van der Waals surface area contributed by atoms with Gasteiger partial charge in [0, 0.05) is 12.6 Å². The molecule has 0 spiro atoms. The Morgan fingerprint density at radius 2 is 1.41 bits per heavy atom. The number of rotatable bonds is 2. The molecule has 0 N–H and O–H groups in total. The summed E-state index contributed by atoms with van der Waals surface area (Å²) < 4.78 is 22.7. The predicted molar refractivity (Wildman–Crippen MR) is 131 cm³/mol. The second-order valence-corrected chi connectivity index (χ2v) is 8.29. The standard InChI is InChI=1S/C24H25NO4.C2H6.CH4/c1-26-21-8-16-18-11-24-23(28-13-29-24)10-17(18)15-7-14-5-3-4-6-25(14)12-20(15)19(16)9-22(21)27-2;1-2;/h8-11,14H,3-7,12-13H2,1-2H3;1-2H3;1H4. The van der Waals surface area contributed by atoms with E-state index >= 15 is 0 Å². The van der Waals surface area contributed by atoms with Crippen LogP contribution in [0.2, 0.25) is 0 Å². The van der Waals surface area contributed by atoms with E-state index in [1.807, 2.05) is 13.8 Å². The fraction of sp³-hybridized carbons (Fsp3) is 0.481. The van der Waals surface area contributed by atoms with Gasteiger partial charge in [0.05, 0.1) is 14.2 Å². The lowest BCUT2D eigenvalue weighted by Gasteiger charge is -2.41. The van der Waals surface area contributed by atoms with Crippen molar-refractivity contribution in [3.05, 3.63) is 35.4 Å². The molecule has 1 saturated heterocycles. The lowest BCUT2D eigenvalue weighted by molar-refractivity contribution is 0.128. The number of piperidine rings is 1. The summed E-state index contributed by atoms with van der Waals surface area (Å²) in [4.78, 5) is 2.67. The normalized spacial score (nSPS) is 18.8. The van der Waals surface area contributed by atoms with Gasteiger partial charge in [0.25, 0.3) is 0 Å². The molecule has 0 bridgehead atoms. The summed E-state index contributed by atoms with van der Waals surface area (Å²) in [6.45, 7) is 6.48. The van der Waals surface area contributed by atoms with Gasteiger partial charge >= 0.3 is 0 Å². The molecule has 5 nitrogen and oxygen atoms in total. The van der Waals surface area contributed by atoms with Crippen LogP contribution in [-0.2, 0) is 13.0 Å². The zero-order chi connectivity index (χ0) is 21.5. The minimum atomic E-state index is 0. The summed E-state index contributed by atoms with van der Waals surface area (Å²) in [5.74, 6) is 3.21. The predicted octanol–water partition coefficient (Wildman–Crippen LogP) is 6.31. The minimum Gasteiger partial charge on any atom is -0.493 e. The van der Waals surface area contributed by atoms with Gasteiger partial charge in [0.1, 0.15) is 0 Å². The molecular weight excluding hydrogens is 402 g/mol. The van der Waals surface area contributed by atoms with Crippen molar-refractivity contribution >= 4 is 21.5 Å². The maximum atomic E-state index is 5.72. The van der Waals surface area contributed by atoms with E-state index in [2.05, 4.69) is 29.2 Å². The van der Waals surface area contributed by atoms with E-state index < -0.39 is 0 Å². The molecule has 3 aliphatic rings. The highest BCUT2D eigenvalue weighted by Crippen LogP contribution is 2.46. The van der Waals surface area contributed by atoms with Gasteiger partial charge < -0.3 is 18.9 Å².